The number of nitro groups is 1. The van der Waals surface area contributed by atoms with E-state index in [2.05, 4.69) is 10.6 Å². The van der Waals surface area contributed by atoms with E-state index < -0.39 is 34.0 Å². The Balaban J connectivity index is 1.90. The van der Waals surface area contributed by atoms with Crippen LogP contribution in [0.25, 0.3) is 0 Å². The van der Waals surface area contributed by atoms with Crippen molar-refractivity contribution in [1.29, 1.82) is 0 Å². The Hall–Kier alpha value is -2.73. The Morgan fingerprint density at radius 3 is 2.58 bits per heavy atom. The van der Waals surface area contributed by atoms with Crippen molar-refractivity contribution < 1.29 is 27.6 Å². The van der Waals surface area contributed by atoms with Crippen LogP contribution in [0.4, 0.5) is 29.5 Å². The van der Waals surface area contributed by atoms with Gasteiger partial charge < -0.3 is 15.4 Å². The molecule has 0 unspecified atom stereocenters. The number of alkyl halides is 3. The lowest BCUT2D eigenvalue weighted by molar-refractivity contribution is -0.385. The van der Waals surface area contributed by atoms with Crippen molar-refractivity contribution in [1.82, 2.24) is 0 Å². The van der Waals surface area contributed by atoms with Gasteiger partial charge in [0.05, 0.1) is 28.8 Å². The first-order valence-corrected chi connectivity index (χ1v) is 10.5. The number of fused-ring (bicyclic) bond motifs is 1. The minimum Gasteiger partial charge on any atom is -0.465 e. The van der Waals surface area contributed by atoms with Gasteiger partial charge in [0.1, 0.15) is 5.00 Å². The van der Waals surface area contributed by atoms with Gasteiger partial charge in [-0.1, -0.05) is 6.42 Å². The summed E-state index contributed by atoms with van der Waals surface area (Å²) in [6.45, 7) is 0. The van der Waals surface area contributed by atoms with Crippen LogP contribution in [0, 0.1) is 10.1 Å². The molecule has 0 atom stereocenters. The number of hydrogen-bond acceptors (Lipinski definition) is 6. The summed E-state index contributed by atoms with van der Waals surface area (Å²) in [5.41, 5.74) is -1.12. The van der Waals surface area contributed by atoms with Crippen LogP contribution < -0.4 is 10.6 Å². The smallest absolute Gasteiger partial charge is 0.418 e. The van der Waals surface area contributed by atoms with Crippen LogP contribution in [0.2, 0.25) is 0 Å². The molecule has 7 nitrogen and oxygen atoms in total. The molecule has 2 N–H and O–H groups in total. The minimum atomic E-state index is -4.83. The molecule has 1 aromatic heterocycles. The summed E-state index contributed by atoms with van der Waals surface area (Å²) in [7, 11) is 1.26. The number of anilines is 2. The lowest BCUT2D eigenvalue weighted by Gasteiger charge is -2.16. The number of thiocarbonyl (C=S) groups is 1. The van der Waals surface area contributed by atoms with Gasteiger partial charge in [-0.05, 0) is 49.5 Å². The van der Waals surface area contributed by atoms with Crippen LogP contribution in [0.1, 0.15) is 45.6 Å². The van der Waals surface area contributed by atoms with Gasteiger partial charge in [-0.15, -0.1) is 11.3 Å². The molecule has 1 heterocycles. The average molecular weight is 473 g/mol. The van der Waals surface area contributed by atoms with E-state index in [4.69, 9.17) is 17.0 Å². The first-order chi connectivity index (χ1) is 14.6. The quantitative estimate of drug-likeness (QED) is 0.198. The highest BCUT2D eigenvalue weighted by molar-refractivity contribution is 7.80. The van der Waals surface area contributed by atoms with Crippen LogP contribution in [-0.4, -0.2) is 23.1 Å². The molecule has 0 saturated carbocycles. The Morgan fingerprint density at radius 1 is 1.23 bits per heavy atom. The van der Waals surface area contributed by atoms with Crippen molar-refractivity contribution in [3.05, 3.63) is 49.9 Å². The van der Waals surface area contributed by atoms with Crippen LogP contribution in [0.5, 0.6) is 0 Å². The van der Waals surface area contributed by atoms with Crippen LogP contribution in [0.15, 0.2) is 18.2 Å². The first-order valence-electron chi connectivity index (χ1n) is 9.28. The zero-order valence-electron chi connectivity index (χ0n) is 16.3. The molecule has 0 fully saturated rings. The van der Waals surface area contributed by atoms with Crippen molar-refractivity contribution in [3.8, 4) is 0 Å². The van der Waals surface area contributed by atoms with Gasteiger partial charge in [-0.2, -0.15) is 13.2 Å². The largest absolute Gasteiger partial charge is 0.465 e. The fraction of sp³-hybridized carbons (Fsp3) is 0.368. The summed E-state index contributed by atoms with van der Waals surface area (Å²) < 4.78 is 45.1. The lowest BCUT2D eigenvalue weighted by Crippen LogP contribution is -2.22. The summed E-state index contributed by atoms with van der Waals surface area (Å²) in [6.07, 6.45) is -0.376. The maximum Gasteiger partial charge on any atom is 0.418 e. The molecule has 0 saturated heterocycles. The number of nitrogens with zero attached hydrogens (tertiary/aromatic N) is 1. The second-order valence-corrected chi connectivity index (χ2v) is 8.34. The van der Waals surface area contributed by atoms with Gasteiger partial charge in [-0.25, -0.2) is 4.79 Å². The number of methoxy groups -OCH3 is 1. The topological polar surface area (TPSA) is 93.5 Å². The molecule has 0 amide bonds. The Labute approximate surface area is 184 Å². The molecule has 0 spiro atoms. The third kappa shape index (κ3) is 5.13. The normalized spacial score (nSPS) is 13.7. The van der Waals surface area contributed by atoms with Crippen molar-refractivity contribution in [3.63, 3.8) is 0 Å². The third-order valence-electron chi connectivity index (χ3n) is 4.81. The number of carbonyl (C=O) groups excluding carboxylic acids is 1. The summed E-state index contributed by atoms with van der Waals surface area (Å²) >= 11 is 6.49. The number of nitro benzene ring substituents is 1. The van der Waals surface area contributed by atoms with E-state index in [1.165, 1.54) is 18.4 Å². The number of rotatable bonds is 4. The van der Waals surface area contributed by atoms with Crippen LogP contribution >= 0.6 is 23.6 Å². The molecule has 3 rings (SSSR count). The van der Waals surface area contributed by atoms with Gasteiger partial charge in [0.2, 0.25) is 0 Å². The molecule has 0 radical (unpaired) electrons. The number of non-ortho nitro benzene ring substituents is 1. The predicted molar refractivity (Wildman–Crippen MR) is 115 cm³/mol. The first kappa shape index (κ1) is 22.9. The number of ether oxygens (including phenoxy) is 1. The number of aryl methyl sites for hydroxylation is 1. The van der Waals surface area contributed by atoms with E-state index in [0.29, 0.717) is 23.1 Å². The number of nitrogens with one attached hydrogen (secondary N) is 2. The molecule has 0 bridgehead atoms. The number of halogens is 3. The van der Waals surface area contributed by atoms with E-state index in [0.717, 1.165) is 48.3 Å². The van der Waals surface area contributed by atoms with Crippen molar-refractivity contribution in [2.24, 2.45) is 0 Å². The van der Waals surface area contributed by atoms with Gasteiger partial charge >= 0.3 is 12.1 Å². The highest BCUT2D eigenvalue weighted by Gasteiger charge is 2.35. The van der Waals surface area contributed by atoms with Crippen molar-refractivity contribution in [2.75, 3.05) is 17.7 Å². The van der Waals surface area contributed by atoms with E-state index in [-0.39, 0.29) is 5.11 Å². The standard InChI is InChI=1S/C19H18F3N3O4S2/c1-29-17(26)15-11-5-3-2-4-6-14(11)31-16(15)24-18(30)23-13-8-7-10(25(27)28)9-12(13)19(20,21)22/h7-9H,2-6H2,1H3,(H2,23,24,30). The second kappa shape index (κ2) is 9.18. The summed E-state index contributed by atoms with van der Waals surface area (Å²) in [5.74, 6) is -0.545. The summed E-state index contributed by atoms with van der Waals surface area (Å²) in [5, 5.41) is 16.3. The molecular weight excluding hydrogens is 455 g/mol. The maximum absolute atomic E-state index is 13.4. The zero-order valence-corrected chi connectivity index (χ0v) is 17.9. The fourth-order valence-electron chi connectivity index (χ4n) is 3.39. The molecule has 2 aromatic rings. The molecule has 12 heteroatoms. The zero-order chi connectivity index (χ0) is 22.8. The van der Waals surface area contributed by atoms with Gasteiger partial charge in [0.15, 0.2) is 5.11 Å². The fourth-order valence-corrected chi connectivity index (χ4v) is 4.95. The van der Waals surface area contributed by atoms with Gasteiger partial charge in [-0.3, -0.25) is 10.1 Å². The van der Waals surface area contributed by atoms with Crippen LogP contribution in [0.3, 0.4) is 0 Å². The number of esters is 1. The molecule has 1 aromatic carbocycles. The molecule has 31 heavy (non-hydrogen) atoms. The van der Waals surface area contributed by atoms with Gasteiger partial charge in [0.25, 0.3) is 5.69 Å². The Kier molecular flexibility index (Phi) is 6.80. The Bertz CT molecular complexity index is 1040. The highest BCUT2D eigenvalue weighted by Crippen LogP contribution is 2.39. The minimum absolute atomic E-state index is 0.180. The SMILES string of the molecule is COC(=O)c1c(NC(=S)Nc2ccc([N+](=O)[O-])cc2C(F)(F)F)sc2c1CCCCC2. The lowest BCUT2D eigenvalue weighted by atomic mass is 10.1. The van der Waals surface area contributed by atoms with Crippen LogP contribution in [-0.2, 0) is 23.8 Å². The molecule has 0 aliphatic heterocycles. The molecule has 1 aliphatic carbocycles. The third-order valence-corrected chi connectivity index (χ3v) is 6.22. The summed E-state index contributed by atoms with van der Waals surface area (Å²) in [4.78, 5) is 23.3. The van der Waals surface area contributed by atoms with E-state index >= 15 is 0 Å². The van der Waals surface area contributed by atoms with E-state index in [9.17, 15) is 28.1 Å². The highest BCUT2D eigenvalue weighted by atomic mass is 32.1. The number of benzene rings is 1. The molecule has 1 aliphatic rings. The van der Waals surface area contributed by atoms with Gasteiger partial charge in [0, 0.05) is 17.0 Å². The average Bonchev–Trinajstić information content (AvgIpc) is 2.87. The summed E-state index contributed by atoms with van der Waals surface area (Å²) in [6, 6.07) is 2.34. The number of hydrogen-bond donors (Lipinski definition) is 2. The van der Waals surface area contributed by atoms with Crippen molar-refractivity contribution in [2.45, 2.75) is 38.3 Å². The Morgan fingerprint density at radius 2 is 1.94 bits per heavy atom. The number of thiophene rings is 1. The molecule has 166 valence electrons. The number of carbonyl (C=O) groups is 1. The molecular formula is C19H18F3N3O4S2. The second-order valence-electron chi connectivity index (χ2n) is 6.82. The maximum atomic E-state index is 13.4. The monoisotopic (exact) mass is 473 g/mol. The van der Waals surface area contributed by atoms with Crippen molar-refractivity contribution >= 4 is 51.0 Å². The van der Waals surface area contributed by atoms with E-state index in [1.54, 1.807) is 0 Å². The van der Waals surface area contributed by atoms with E-state index in [1.807, 2.05) is 0 Å². The predicted octanol–water partition coefficient (Wildman–Crippen LogP) is 5.54.